The third-order valence-corrected chi connectivity index (χ3v) is 2.72. The van der Waals surface area contributed by atoms with Gasteiger partial charge in [-0.1, -0.05) is 46.5 Å². The summed E-state index contributed by atoms with van der Waals surface area (Å²) in [7, 11) is 0. The molecule has 0 saturated carbocycles. The Morgan fingerprint density at radius 1 is 0.923 bits per heavy atom. The van der Waals surface area contributed by atoms with Crippen molar-refractivity contribution in [2.24, 2.45) is 11.8 Å². The van der Waals surface area contributed by atoms with E-state index in [1.54, 1.807) is 0 Å². The quantitative estimate of drug-likeness (QED) is 0.555. The van der Waals surface area contributed by atoms with Crippen LogP contribution in [0, 0.1) is 23.7 Å². The van der Waals surface area contributed by atoms with Crippen molar-refractivity contribution in [2.45, 2.75) is 59.8 Å². The summed E-state index contributed by atoms with van der Waals surface area (Å²) < 4.78 is 0. The average molecular weight is 180 g/mol. The largest absolute Gasteiger partial charge is 0.103 e. The minimum atomic E-state index is 0.640. The maximum absolute atomic E-state index is 3.42. The van der Waals surface area contributed by atoms with Crippen LogP contribution in [0.3, 0.4) is 0 Å². The van der Waals surface area contributed by atoms with E-state index in [4.69, 9.17) is 0 Å². The molecule has 13 heavy (non-hydrogen) atoms. The highest BCUT2D eigenvalue weighted by Gasteiger charge is 2.13. The van der Waals surface area contributed by atoms with Crippen molar-refractivity contribution < 1.29 is 0 Å². The molecule has 0 bridgehead atoms. The van der Waals surface area contributed by atoms with E-state index in [9.17, 15) is 0 Å². The van der Waals surface area contributed by atoms with Gasteiger partial charge in [-0.15, -0.1) is 5.92 Å². The van der Waals surface area contributed by atoms with Crippen LogP contribution in [0.25, 0.3) is 0 Å². The molecule has 0 heterocycles. The summed E-state index contributed by atoms with van der Waals surface area (Å²) in [5.41, 5.74) is 0. The van der Waals surface area contributed by atoms with Gasteiger partial charge in [-0.25, -0.2) is 0 Å². The Balaban J connectivity index is 4.08. The van der Waals surface area contributed by atoms with E-state index in [2.05, 4.69) is 39.5 Å². The zero-order valence-electron chi connectivity index (χ0n) is 9.69. The number of hydrogen-bond donors (Lipinski definition) is 0. The lowest BCUT2D eigenvalue weighted by atomic mass is 9.86. The first-order chi connectivity index (χ1) is 6.29. The van der Waals surface area contributed by atoms with Gasteiger partial charge in [-0.3, -0.25) is 0 Å². The molecule has 0 aliphatic heterocycles. The Kier molecular flexibility index (Phi) is 7.90. The molecule has 0 radical (unpaired) electrons. The topological polar surface area (TPSA) is 0 Å². The van der Waals surface area contributed by atoms with Crippen molar-refractivity contribution in [3.63, 3.8) is 0 Å². The maximum atomic E-state index is 3.42. The lowest BCUT2D eigenvalue weighted by molar-refractivity contribution is 0.373. The molecule has 0 amide bonds. The summed E-state index contributed by atoms with van der Waals surface area (Å²) in [5.74, 6) is 8.16. The van der Waals surface area contributed by atoms with Crippen molar-refractivity contribution in [2.75, 3.05) is 0 Å². The Morgan fingerprint density at radius 3 is 1.92 bits per heavy atom. The second-order valence-corrected chi connectivity index (χ2v) is 3.66. The summed E-state index contributed by atoms with van der Waals surface area (Å²) in [6, 6.07) is 0. The van der Waals surface area contributed by atoms with E-state index in [1.165, 1.54) is 25.7 Å². The molecule has 0 rings (SSSR count). The van der Waals surface area contributed by atoms with Crippen LogP contribution in [-0.4, -0.2) is 0 Å². The predicted molar refractivity (Wildman–Crippen MR) is 60.5 cm³/mol. The number of unbranched alkanes of at least 4 members (excludes halogenated alkanes) is 1. The summed E-state index contributed by atoms with van der Waals surface area (Å²) in [5, 5.41) is 0. The fourth-order valence-corrected chi connectivity index (χ4v) is 1.74. The maximum Gasteiger partial charge on any atom is 0.0228 e. The minimum absolute atomic E-state index is 0.640. The Bertz CT molecular complexity index is 155. The van der Waals surface area contributed by atoms with Crippen LogP contribution in [0.2, 0.25) is 0 Å². The minimum Gasteiger partial charge on any atom is -0.103 e. The molecule has 0 spiro atoms. The highest BCUT2D eigenvalue weighted by molar-refractivity contribution is 5.04. The number of hydrogen-bond acceptors (Lipinski definition) is 0. The second kappa shape index (κ2) is 8.17. The zero-order chi connectivity index (χ0) is 10.1. The van der Waals surface area contributed by atoms with Crippen molar-refractivity contribution in [1.82, 2.24) is 0 Å². The average Bonchev–Trinajstić information content (AvgIpc) is 2.17. The Hall–Kier alpha value is -0.440. The molecule has 0 heteroatoms. The molecule has 0 aromatic heterocycles. The van der Waals surface area contributed by atoms with Crippen LogP contribution in [0.5, 0.6) is 0 Å². The fraction of sp³-hybridized carbons (Fsp3) is 0.846. The van der Waals surface area contributed by atoms with Gasteiger partial charge in [0.2, 0.25) is 0 Å². The van der Waals surface area contributed by atoms with Gasteiger partial charge >= 0.3 is 0 Å². The number of rotatable bonds is 5. The summed E-state index contributed by atoms with van der Waals surface area (Å²) >= 11 is 0. The van der Waals surface area contributed by atoms with Gasteiger partial charge in [-0.05, 0) is 18.8 Å². The van der Waals surface area contributed by atoms with Gasteiger partial charge in [0, 0.05) is 12.3 Å². The normalized spacial score (nSPS) is 12.4. The van der Waals surface area contributed by atoms with Gasteiger partial charge in [0.25, 0.3) is 0 Å². The standard InChI is InChI=1S/C13H24/c1-5-9-10-11-13(8-4)12(6-2)7-3/h12-13H,5-9H2,1-4H3. The lowest BCUT2D eigenvalue weighted by Crippen LogP contribution is -2.10. The molecule has 76 valence electrons. The highest BCUT2D eigenvalue weighted by Crippen LogP contribution is 2.21. The molecule has 0 fully saturated rings. The Labute approximate surface area is 84.1 Å². The summed E-state index contributed by atoms with van der Waals surface area (Å²) in [6.45, 7) is 8.99. The SMILES string of the molecule is CCCC#CC(CC)C(CC)CC. The molecule has 0 N–H and O–H groups in total. The lowest BCUT2D eigenvalue weighted by Gasteiger charge is -2.18. The van der Waals surface area contributed by atoms with Crippen LogP contribution in [-0.2, 0) is 0 Å². The van der Waals surface area contributed by atoms with E-state index in [1.807, 2.05) is 0 Å². The third kappa shape index (κ3) is 4.98. The van der Waals surface area contributed by atoms with E-state index in [0.29, 0.717) is 5.92 Å². The molecule has 1 unspecified atom stereocenters. The van der Waals surface area contributed by atoms with E-state index in [-0.39, 0.29) is 0 Å². The molecule has 0 saturated heterocycles. The zero-order valence-corrected chi connectivity index (χ0v) is 9.69. The molecule has 0 aromatic carbocycles. The van der Waals surface area contributed by atoms with Gasteiger partial charge in [-0.2, -0.15) is 0 Å². The first-order valence-electron chi connectivity index (χ1n) is 5.78. The second-order valence-electron chi connectivity index (χ2n) is 3.66. The van der Waals surface area contributed by atoms with Crippen LogP contribution in [0.15, 0.2) is 0 Å². The molecular weight excluding hydrogens is 156 g/mol. The monoisotopic (exact) mass is 180 g/mol. The van der Waals surface area contributed by atoms with Crippen LogP contribution in [0.4, 0.5) is 0 Å². The van der Waals surface area contributed by atoms with Crippen molar-refractivity contribution in [3.8, 4) is 11.8 Å². The molecule has 0 aromatic rings. The van der Waals surface area contributed by atoms with Gasteiger partial charge in [0.15, 0.2) is 0 Å². The van der Waals surface area contributed by atoms with Gasteiger partial charge in [0.1, 0.15) is 0 Å². The molecule has 1 atom stereocenters. The van der Waals surface area contributed by atoms with E-state index < -0.39 is 0 Å². The van der Waals surface area contributed by atoms with Crippen LogP contribution in [0.1, 0.15) is 59.8 Å². The van der Waals surface area contributed by atoms with E-state index in [0.717, 1.165) is 12.3 Å². The van der Waals surface area contributed by atoms with Crippen molar-refractivity contribution in [1.29, 1.82) is 0 Å². The highest BCUT2D eigenvalue weighted by atomic mass is 14.2. The Morgan fingerprint density at radius 2 is 1.54 bits per heavy atom. The van der Waals surface area contributed by atoms with E-state index >= 15 is 0 Å². The van der Waals surface area contributed by atoms with Crippen molar-refractivity contribution >= 4 is 0 Å². The third-order valence-electron chi connectivity index (χ3n) is 2.72. The predicted octanol–water partition coefficient (Wildman–Crippen LogP) is 4.25. The first kappa shape index (κ1) is 12.6. The van der Waals surface area contributed by atoms with Gasteiger partial charge < -0.3 is 0 Å². The smallest absolute Gasteiger partial charge is 0.0228 e. The van der Waals surface area contributed by atoms with Crippen LogP contribution >= 0.6 is 0 Å². The summed E-state index contributed by atoms with van der Waals surface area (Å²) in [4.78, 5) is 0. The fourth-order valence-electron chi connectivity index (χ4n) is 1.74. The molecule has 0 aliphatic rings. The first-order valence-corrected chi connectivity index (χ1v) is 5.78. The van der Waals surface area contributed by atoms with Gasteiger partial charge in [0.05, 0.1) is 0 Å². The molecular formula is C13H24. The molecule has 0 nitrogen and oxygen atoms in total. The van der Waals surface area contributed by atoms with Crippen LogP contribution < -0.4 is 0 Å². The molecule has 0 aliphatic carbocycles. The van der Waals surface area contributed by atoms with Crippen molar-refractivity contribution in [3.05, 3.63) is 0 Å². The summed E-state index contributed by atoms with van der Waals surface area (Å²) in [6.07, 6.45) is 6.01.